The van der Waals surface area contributed by atoms with Crippen molar-refractivity contribution in [3.05, 3.63) is 118 Å². The van der Waals surface area contributed by atoms with Crippen LogP contribution < -0.4 is 19.9 Å². The van der Waals surface area contributed by atoms with Crippen LogP contribution in [0.1, 0.15) is 88.5 Å². The number of hydrogen-bond acceptors (Lipinski definition) is 8. The molecular formula is C47H52FN5O5. The zero-order valence-electron chi connectivity index (χ0n) is 33.2. The molecule has 1 unspecified atom stereocenters. The Bertz CT molecular complexity index is 2200. The Morgan fingerprint density at radius 3 is 2.33 bits per heavy atom. The van der Waals surface area contributed by atoms with Crippen LogP contribution in [0.4, 0.5) is 15.8 Å². The van der Waals surface area contributed by atoms with Gasteiger partial charge in [-0.3, -0.25) is 24.6 Å². The molecule has 58 heavy (non-hydrogen) atoms. The smallest absolute Gasteiger partial charge is 0.258 e. The quantitative estimate of drug-likeness (QED) is 0.183. The van der Waals surface area contributed by atoms with E-state index in [0.717, 1.165) is 100 Å². The molecule has 3 atom stereocenters. The number of carbonyl (C=O) groups excluding carboxylic acids is 3. The average molecular weight is 786 g/mol. The van der Waals surface area contributed by atoms with Crippen LogP contribution in [-0.2, 0) is 22.6 Å². The number of methoxy groups -OCH3 is 1. The number of carbonyl (C=O) groups is 3. The zero-order chi connectivity index (χ0) is 39.9. The molecule has 5 aliphatic rings. The Balaban J connectivity index is 0.784. The minimum absolute atomic E-state index is 0.0163. The number of fused-ring (bicyclic) bond motifs is 2. The number of phenols is 1. The first-order valence-electron chi connectivity index (χ1n) is 21.0. The number of piperazine rings is 1. The molecule has 4 heterocycles. The third-order valence-corrected chi connectivity index (χ3v) is 13.5. The fourth-order valence-corrected chi connectivity index (χ4v) is 10.3. The summed E-state index contributed by atoms with van der Waals surface area (Å²) in [5.74, 6) is 0.542. The van der Waals surface area contributed by atoms with Crippen LogP contribution in [0.15, 0.2) is 78.9 Å². The minimum Gasteiger partial charge on any atom is -0.508 e. The van der Waals surface area contributed by atoms with E-state index in [1.165, 1.54) is 11.1 Å². The summed E-state index contributed by atoms with van der Waals surface area (Å²) in [5.41, 5.74) is 7.62. The number of halogens is 1. The fraction of sp³-hybridized carbons (Fsp3) is 0.426. The van der Waals surface area contributed by atoms with E-state index in [9.17, 15) is 19.5 Å². The number of phenolic OH excluding ortho intramolecular Hbond substituents is 1. The Labute approximate surface area is 339 Å². The molecule has 11 heteroatoms. The largest absolute Gasteiger partial charge is 0.508 e. The SMILES string of the molecule is COc1cc(N2CCN(CCC3CCN(c4ccc([C@@H]5c6ccc(O)cc6CC[C@@H]5c5ccccc5)cc4F)CC3)CC2)cc2c1C(=O)N(C1CCC(=O)NC1=O)C2. The Hall–Kier alpha value is -5.42. The molecule has 4 aromatic carbocycles. The molecule has 4 aromatic rings. The van der Waals surface area contributed by atoms with E-state index in [2.05, 4.69) is 56.4 Å². The van der Waals surface area contributed by atoms with Crippen molar-refractivity contribution >= 4 is 29.1 Å². The fourth-order valence-electron chi connectivity index (χ4n) is 10.3. The summed E-state index contributed by atoms with van der Waals surface area (Å²) in [4.78, 5) is 46.4. The van der Waals surface area contributed by atoms with Crippen molar-refractivity contribution in [2.45, 2.75) is 69.4 Å². The summed E-state index contributed by atoms with van der Waals surface area (Å²) in [6.45, 7) is 6.65. The number of imide groups is 1. The second kappa shape index (κ2) is 16.1. The standard InChI is InChI=1S/C47H52FN5O5/c1-58-42-28-35(25-34-29-53(47(57)45(34)42)41-13-14-43(55)49-46(41)56)51-23-21-50(22-24-51)18-15-30-16-19-52(20-17-30)40-12-8-33(27-39(40)48)44-37(31-5-3-2-4-6-31)10-7-32-26-36(54)9-11-38(32)44/h2-6,8-9,11-12,25-28,30,37,41,44,54H,7,10,13-24,29H2,1H3,(H,49,55,56)/t37-,41?,44+/m1/s1. The van der Waals surface area contributed by atoms with E-state index < -0.39 is 11.9 Å². The number of aromatic hydroxyl groups is 1. The number of aryl methyl sites for hydroxylation is 1. The maximum absolute atomic E-state index is 16.1. The van der Waals surface area contributed by atoms with E-state index in [0.29, 0.717) is 35.9 Å². The van der Waals surface area contributed by atoms with Crippen LogP contribution in [0.5, 0.6) is 11.5 Å². The van der Waals surface area contributed by atoms with Gasteiger partial charge in [0.25, 0.3) is 5.91 Å². The number of benzene rings is 4. The first kappa shape index (κ1) is 38.1. The molecule has 1 aliphatic carbocycles. The molecule has 3 amide bonds. The predicted octanol–water partition coefficient (Wildman–Crippen LogP) is 6.59. The highest BCUT2D eigenvalue weighted by molar-refractivity contribution is 6.06. The number of amides is 3. The van der Waals surface area contributed by atoms with Crippen LogP contribution in [0.3, 0.4) is 0 Å². The summed E-state index contributed by atoms with van der Waals surface area (Å²) in [6.07, 6.45) is 5.58. The highest BCUT2D eigenvalue weighted by Crippen LogP contribution is 2.47. The molecule has 2 N–H and O–H groups in total. The number of hydrogen-bond donors (Lipinski definition) is 2. The predicted molar refractivity (Wildman–Crippen MR) is 221 cm³/mol. The summed E-state index contributed by atoms with van der Waals surface area (Å²) in [7, 11) is 1.57. The normalized spacial score (nSPS) is 22.8. The van der Waals surface area contributed by atoms with Gasteiger partial charge in [-0.25, -0.2) is 4.39 Å². The maximum atomic E-state index is 16.1. The molecule has 10 nitrogen and oxygen atoms in total. The lowest BCUT2D eigenvalue weighted by molar-refractivity contribution is -0.136. The molecule has 0 spiro atoms. The van der Waals surface area contributed by atoms with Gasteiger partial charge in [-0.05, 0) is 115 Å². The van der Waals surface area contributed by atoms with Gasteiger partial charge in [0.2, 0.25) is 11.8 Å². The van der Waals surface area contributed by atoms with E-state index in [-0.39, 0.29) is 41.6 Å². The van der Waals surface area contributed by atoms with Gasteiger partial charge >= 0.3 is 0 Å². The Morgan fingerprint density at radius 2 is 1.59 bits per heavy atom. The van der Waals surface area contributed by atoms with Gasteiger partial charge in [0.15, 0.2) is 0 Å². The van der Waals surface area contributed by atoms with E-state index in [1.54, 1.807) is 24.1 Å². The third-order valence-electron chi connectivity index (χ3n) is 13.5. The average Bonchev–Trinajstić information content (AvgIpc) is 3.58. The van der Waals surface area contributed by atoms with E-state index in [1.807, 2.05) is 30.3 Å². The van der Waals surface area contributed by atoms with Crippen molar-refractivity contribution in [3.63, 3.8) is 0 Å². The van der Waals surface area contributed by atoms with E-state index >= 15 is 4.39 Å². The molecule has 9 rings (SSSR count). The number of anilines is 2. The van der Waals surface area contributed by atoms with Gasteiger partial charge < -0.3 is 24.5 Å². The Kier molecular flexibility index (Phi) is 10.6. The minimum atomic E-state index is -0.661. The van der Waals surface area contributed by atoms with Crippen molar-refractivity contribution in [2.75, 3.05) is 62.7 Å². The first-order valence-corrected chi connectivity index (χ1v) is 21.0. The summed E-state index contributed by atoms with van der Waals surface area (Å²) < 4.78 is 21.8. The number of ether oxygens (including phenoxy) is 1. The summed E-state index contributed by atoms with van der Waals surface area (Å²) in [5, 5.41) is 12.6. The number of nitrogens with one attached hydrogen (secondary N) is 1. The summed E-state index contributed by atoms with van der Waals surface area (Å²) >= 11 is 0. The highest BCUT2D eigenvalue weighted by Gasteiger charge is 2.41. The van der Waals surface area contributed by atoms with Gasteiger partial charge in [-0.15, -0.1) is 0 Å². The molecule has 0 bridgehead atoms. The van der Waals surface area contributed by atoms with Crippen LogP contribution in [0, 0.1) is 11.7 Å². The van der Waals surface area contributed by atoms with Crippen molar-refractivity contribution in [3.8, 4) is 11.5 Å². The van der Waals surface area contributed by atoms with Crippen molar-refractivity contribution in [1.82, 2.24) is 15.1 Å². The molecule has 0 saturated carbocycles. The second-order valence-electron chi connectivity index (χ2n) is 16.8. The monoisotopic (exact) mass is 785 g/mol. The Morgan fingerprint density at radius 1 is 0.793 bits per heavy atom. The lowest BCUT2D eigenvalue weighted by Gasteiger charge is -2.38. The molecular weight excluding hydrogens is 734 g/mol. The number of piperidine rings is 2. The molecule has 0 aromatic heterocycles. The van der Waals surface area contributed by atoms with E-state index in [4.69, 9.17) is 4.74 Å². The van der Waals surface area contributed by atoms with Crippen LogP contribution in [-0.4, -0.2) is 91.6 Å². The molecule has 302 valence electrons. The first-order chi connectivity index (χ1) is 28.2. The number of nitrogens with zero attached hydrogens (tertiary/aromatic N) is 4. The molecule has 3 fully saturated rings. The van der Waals surface area contributed by atoms with Crippen molar-refractivity contribution < 1.29 is 28.6 Å². The topological polar surface area (TPSA) is 106 Å². The van der Waals surface area contributed by atoms with Gasteiger partial charge in [0, 0.05) is 69.9 Å². The van der Waals surface area contributed by atoms with Gasteiger partial charge in [0.05, 0.1) is 18.4 Å². The van der Waals surface area contributed by atoms with Gasteiger partial charge in [-0.1, -0.05) is 42.5 Å². The highest BCUT2D eigenvalue weighted by atomic mass is 19.1. The third kappa shape index (κ3) is 7.40. The summed E-state index contributed by atoms with van der Waals surface area (Å²) in [6, 6.07) is 25.4. The molecule has 4 aliphatic heterocycles. The van der Waals surface area contributed by atoms with Crippen LogP contribution in [0.25, 0.3) is 0 Å². The molecule has 0 radical (unpaired) electrons. The van der Waals surface area contributed by atoms with Crippen molar-refractivity contribution in [2.24, 2.45) is 5.92 Å². The van der Waals surface area contributed by atoms with Crippen molar-refractivity contribution in [1.29, 1.82) is 0 Å². The second-order valence-corrected chi connectivity index (χ2v) is 16.8. The van der Waals surface area contributed by atoms with Gasteiger partial charge in [-0.2, -0.15) is 0 Å². The molecule has 3 saturated heterocycles. The van der Waals surface area contributed by atoms with Gasteiger partial charge in [0.1, 0.15) is 23.4 Å². The van der Waals surface area contributed by atoms with Crippen LogP contribution >= 0.6 is 0 Å². The van der Waals surface area contributed by atoms with Crippen LogP contribution in [0.2, 0.25) is 0 Å². The lowest BCUT2D eigenvalue weighted by Crippen LogP contribution is -2.52. The number of rotatable bonds is 9. The lowest BCUT2D eigenvalue weighted by atomic mass is 9.69. The maximum Gasteiger partial charge on any atom is 0.258 e. The zero-order valence-corrected chi connectivity index (χ0v) is 33.2.